The van der Waals surface area contributed by atoms with Gasteiger partial charge in [0.25, 0.3) is 0 Å². The van der Waals surface area contributed by atoms with Crippen molar-refractivity contribution in [3.63, 3.8) is 0 Å². The van der Waals surface area contributed by atoms with Gasteiger partial charge in [0.15, 0.2) is 0 Å². The van der Waals surface area contributed by atoms with Crippen LogP contribution in [-0.4, -0.2) is 6.03 Å². The van der Waals surface area contributed by atoms with Crippen LogP contribution in [0, 0.1) is 10.5 Å². The molecule has 2 amide bonds. The molecule has 0 saturated heterocycles. The lowest BCUT2D eigenvalue weighted by atomic mass is 11.2. The van der Waals surface area contributed by atoms with Crippen molar-refractivity contribution < 1.29 is 4.79 Å². The fourth-order valence-corrected chi connectivity index (χ4v) is 0. The summed E-state index contributed by atoms with van der Waals surface area (Å²) in [7, 11) is 0. The Kier molecular flexibility index (Phi) is 13.5. The van der Waals surface area contributed by atoms with E-state index in [1.807, 2.05) is 0 Å². The molecule has 0 aliphatic carbocycles. The molecule has 0 aliphatic heterocycles. The number of nitrogens with two attached hydrogens (primary N) is 2. The highest BCUT2D eigenvalue weighted by atomic mass is 16.2. The molecule has 6 heavy (non-hydrogen) atoms. The van der Waals surface area contributed by atoms with Gasteiger partial charge in [-0.05, 0) is 0 Å². The molecule has 0 saturated carbocycles. The van der Waals surface area contributed by atoms with Crippen LogP contribution in [0.1, 0.15) is 0 Å². The second kappa shape index (κ2) is 9.12. The number of nitrogens with one attached hydrogen (secondary N) is 1. The number of carbonyl (C=O) groups is 1. The quantitative estimate of drug-likeness (QED) is 0.344. The van der Waals surface area contributed by atoms with Crippen molar-refractivity contribution >= 4 is 6.03 Å². The predicted molar refractivity (Wildman–Crippen MR) is 19.9 cm³/mol. The molecule has 0 aromatic carbocycles. The standard InChI is InChI=1S/CH4N2O.HNO/c2-1(3)4;1-2/h(H4,2,3,4);1H. The van der Waals surface area contributed by atoms with Gasteiger partial charge in [0.05, 0.1) is 0 Å². The van der Waals surface area contributed by atoms with E-state index in [1.54, 1.807) is 0 Å². The summed E-state index contributed by atoms with van der Waals surface area (Å²) in [5, 5.41) is 0. The molecule has 0 aliphatic rings. The van der Waals surface area contributed by atoms with Crippen molar-refractivity contribution in [1.29, 1.82) is 5.59 Å². The zero-order valence-electron chi connectivity index (χ0n) is 2.97. The maximum atomic E-state index is 9.00. The van der Waals surface area contributed by atoms with Gasteiger partial charge in [-0.1, -0.05) is 5.59 Å². The molecule has 0 spiro atoms. The van der Waals surface area contributed by atoms with E-state index in [0.717, 1.165) is 0 Å². The third kappa shape index (κ3) is 7.86. The zero-order chi connectivity index (χ0) is 5.58. The molecule has 0 unspecified atom stereocenters. The first-order valence-electron chi connectivity index (χ1n) is 0.986. The average molecular weight is 91.1 g/mol. The van der Waals surface area contributed by atoms with Crippen molar-refractivity contribution in [2.45, 2.75) is 0 Å². The molecule has 0 aromatic heterocycles. The van der Waals surface area contributed by atoms with Crippen LogP contribution in [0.15, 0.2) is 0 Å². The van der Waals surface area contributed by atoms with E-state index < -0.39 is 6.03 Å². The average Bonchev–Trinajstić information content (AvgIpc) is 1.41. The Morgan fingerprint density at radius 1 is 1.33 bits per heavy atom. The molecule has 0 atom stereocenters. The minimum Gasteiger partial charge on any atom is -0.352 e. The molecule has 0 fully saturated rings. The highest BCUT2D eigenvalue weighted by molar-refractivity contribution is 5.69. The van der Waals surface area contributed by atoms with Crippen LogP contribution in [0.4, 0.5) is 4.79 Å². The molecule has 5 nitrogen and oxygen atoms in total. The van der Waals surface area contributed by atoms with Crippen LogP contribution in [0.25, 0.3) is 0 Å². The lowest BCUT2D eigenvalue weighted by Gasteiger charge is -1.62. The maximum absolute atomic E-state index is 9.00. The Labute approximate surface area is 34.1 Å². The lowest BCUT2D eigenvalue weighted by molar-refractivity contribution is 0.256. The molecule has 0 heterocycles. The van der Waals surface area contributed by atoms with Crippen molar-refractivity contribution in [2.75, 3.05) is 0 Å². The molecule has 5 N–H and O–H groups in total. The molecule has 0 bridgehead atoms. The largest absolute Gasteiger partial charge is 0.352 e. The van der Waals surface area contributed by atoms with Gasteiger partial charge in [0, 0.05) is 0 Å². The number of hydrogen-bond donors (Lipinski definition) is 3. The Hall–Kier alpha value is -1.13. The summed E-state index contributed by atoms with van der Waals surface area (Å²) < 4.78 is 0. The van der Waals surface area contributed by atoms with E-state index in [2.05, 4.69) is 17.1 Å². The first-order valence-corrected chi connectivity index (χ1v) is 0.986. The normalized spacial score (nSPS) is 4.67. The SMILES string of the molecule is N=O.NC(N)=O. The van der Waals surface area contributed by atoms with Gasteiger partial charge in [0.1, 0.15) is 0 Å². The second-order valence-corrected chi connectivity index (χ2v) is 0.402. The van der Waals surface area contributed by atoms with Crippen molar-refractivity contribution in [2.24, 2.45) is 11.5 Å². The number of rotatable bonds is 0. The summed E-state index contributed by atoms with van der Waals surface area (Å²) in [6, 6.07) is -0.833. The van der Waals surface area contributed by atoms with Crippen LogP contribution >= 0.6 is 0 Å². The number of nitroso groups, excluding NO2 is 1. The maximum Gasteiger partial charge on any atom is 0.309 e. The molecule has 0 radical (unpaired) electrons. The highest BCUT2D eigenvalue weighted by Gasteiger charge is 1.60. The highest BCUT2D eigenvalue weighted by Crippen LogP contribution is 1.25. The van der Waals surface area contributed by atoms with Gasteiger partial charge in [-0.2, -0.15) is 4.91 Å². The van der Waals surface area contributed by atoms with Crippen molar-refractivity contribution in [3.05, 3.63) is 4.91 Å². The first-order chi connectivity index (χ1) is 2.73. The fraction of sp³-hybridized carbons (Fsp3) is 0. The Bertz CT molecular complexity index is 40.1. The molecule has 0 rings (SSSR count). The van der Waals surface area contributed by atoms with E-state index in [9.17, 15) is 0 Å². The summed E-state index contributed by atoms with van der Waals surface area (Å²) in [5.74, 6) is 0. The van der Waals surface area contributed by atoms with Crippen LogP contribution in [0.3, 0.4) is 0 Å². The number of urea groups is 1. The van der Waals surface area contributed by atoms with Crippen LogP contribution in [-0.2, 0) is 0 Å². The summed E-state index contributed by atoms with van der Waals surface area (Å²) >= 11 is 0. The third-order valence-electron chi connectivity index (χ3n) is 0. The van der Waals surface area contributed by atoms with Crippen LogP contribution in [0.5, 0.6) is 0 Å². The molecule has 36 valence electrons. The van der Waals surface area contributed by atoms with E-state index in [1.165, 1.54) is 0 Å². The van der Waals surface area contributed by atoms with E-state index in [-0.39, 0.29) is 0 Å². The second-order valence-electron chi connectivity index (χ2n) is 0.402. The number of hydrogen-bond acceptors (Lipinski definition) is 3. The Balaban J connectivity index is 0. The zero-order valence-corrected chi connectivity index (χ0v) is 2.97. The van der Waals surface area contributed by atoms with E-state index in [4.69, 9.17) is 9.70 Å². The molecule has 0 aromatic rings. The van der Waals surface area contributed by atoms with Crippen LogP contribution in [0.2, 0.25) is 0 Å². The van der Waals surface area contributed by atoms with Gasteiger partial charge < -0.3 is 11.5 Å². The van der Waals surface area contributed by atoms with Gasteiger partial charge in [0.2, 0.25) is 0 Å². The number of primary amides is 2. The first kappa shape index (κ1) is 8.85. The Morgan fingerprint density at radius 2 is 1.33 bits per heavy atom. The summed E-state index contributed by atoms with van der Waals surface area (Å²) in [6.07, 6.45) is 0. The topological polar surface area (TPSA) is 110 Å². The monoisotopic (exact) mass is 91.0 g/mol. The molecule has 5 heteroatoms. The van der Waals surface area contributed by atoms with Gasteiger partial charge in [-0.3, -0.25) is 0 Å². The number of carbonyl (C=O) groups excluding carboxylic acids is 1. The van der Waals surface area contributed by atoms with Crippen molar-refractivity contribution in [1.82, 2.24) is 0 Å². The smallest absolute Gasteiger partial charge is 0.309 e. The summed E-state index contributed by atoms with van der Waals surface area (Å²) in [4.78, 5) is 16.5. The Morgan fingerprint density at radius 3 is 1.33 bits per heavy atom. The minimum atomic E-state index is -0.833. The summed E-state index contributed by atoms with van der Waals surface area (Å²) in [6.45, 7) is 0. The fourth-order valence-electron chi connectivity index (χ4n) is 0. The minimum absolute atomic E-state index is 0.833. The third-order valence-corrected chi connectivity index (χ3v) is 0. The van der Waals surface area contributed by atoms with Gasteiger partial charge in [-0.15, -0.1) is 0 Å². The predicted octanol–water partition coefficient (Wildman–Crippen LogP) is -0.645. The van der Waals surface area contributed by atoms with Crippen molar-refractivity contribution in [3.8, 4) is 0 Å². The van der Waals surface area contributed by atoms with Gasteiger partial charge >= 0.3 is 6.03 Å². The van der Waals surface area contributed by atoms with E-state index >= 15 is 0 Å². The molecular weight excluding hydrogens is 86.0 g/mol. The summed E-state index contributed by atoms with van der Waals surface area (Å²) in [5.41, 5.74) is 13.0. The lowest BCUT2D eigenvalue weighted by Crippen LogP contribution is -2.18. The van der Waals surface area contributed by atoms with E-state index in [0.29, 0.717) is 0 Å². The van der Waals surface area contributed by atoms with Crippen LogP contribution < -0.4 is 11.5 Å². The van der Waals surface area contributed by atoms with Gasteiger partial charge in [-0.25, -0.2) is 4.79 Å². The number of amides is 2. The molecular formula is CH5N3O2.